The summed E-state index contributed by atoms with van der Waals surface area (Å²) in [6.07, 6.45) is 5.18. The first kappa shape index (κ1) is 16.1. The number of nitrogens with zero attached hydrogens (tertiary/aromatic N) is 4. The Morgan fingerprint density at radius 3 is 2.96 bits per heavy atom. The van der Waals surface area contributed by atoms with E-state index in [0.717, 1.165) is 27.7 Å². The second kappa shape index (κ2) is 6.48. The minimum Gasteiger partial charge on any atom is -0.393 e. The number of fused-ring (bicyclic) bond motifs is 1. The zero-order chi connectivity index (χ0) is 17.4. The molecule has 7 heteroatoms. The number of piperidine rings is 1. The lowest BCUT2D eigenvalue weighted by molar-refractivity contribution is 0.481. The van der Waals surface area contributed by atoms with Crippen LogP contribution in [0.4, 0.5) is 22.5 Å². The smallest absolute Gasteiger partial charge is 0.189 e. The Balaban J connectivity index is 1.66. The van der Waals surface area contributed by atoms with E-state index in [0.29, 0.717) is 17.5 Å². The summed E-state index contributed by atoms with van der Waals surface area (Å²) in [6.45, 7) is 5.28. The minimum atomic E-state index is 0.448. The van der Waals surface area contributed by atoms with Crippen molar-refractivity contribution in [2.75, 3.05) is 22.5 Å². The van der Waals surface area contributed by atoms with Gasteiger partial charge in [0.2, 0.25) is 0 Å². The number of aromatic nitrogens is 3. The molecule has 4 rings (SSSR count). The molecule has 1 atom stereocenters. The SMILES string of the molecule is Cc1cccc2sc(Nc3ncnc(N4CCCCC4C)c3N)nc12. The summed E-state index contributed by atoms with van der Waals surface area (Å²) in [5.41, 5.74) is 9.17. The number of nitrogen functional groups attached to an aromatic ring is 1. The van der Waals surface area contributed by atoms with E-state index in [1.54, 1.807) is 17.7 Å². The first-order valence-electron chi connectivity index (χ1n) is 8.64. The summed E-state index contributed by atoms with van der Waals surface area (Å²) in [5, 5.41) is 4.09. The van der Waals surface area contributed by atoms with Crippen LogP contribution >= 0.6 is 11.3 Å². The van der Waals surface area contributed by atoms with Crippen LogP contribution in [0.5, 0.6) is 0 Å². The Bertz CT molecular complexity index is 906. The van der Waals surface area contributed by atoms with Crippen LogP contribution in [0.1, 0.15) is 31.7 Å². The van der Waals surface area contributed by atoms with Crippen molar-refractivity contribution in [3.63, 3.8) is 0 Å². The number of anilines is 4. The summed E-state index contributed by atoms with van der Waals surface area (Å²) in [6, 6.07) is 6.65. The standard InChI is InChI=1S/C18H22N6S/c1-11-6-5-8-13-15(11)22-18(25-13)23-16-14(19)17(21-10-20-16)24-9-4-3-7-12(24)2/h5-6,8,10,12H,3-4,7,9,19H2,1-2H3,(H,20,21,22,23). The number of hydrogen-bond donors (Lipinski definition) is 2. The van der Waals surface area contributed by atoms with E-state index in [-0.39, 0.29) is 0 Å². The number of aryl methyl sites for hydroxylation is 1. The average molecular weight is 354 g/mol. The van der Waals surface area contributed by atoms with Gasteiger partial charge >= 0.3 is 0 Å². The summed E-state index contributed by atoms with van der Waals surface area (Å²) in [7, 11) is 0. The lowest BCUT2D eigenvalue weighted by Gasteiger charge is -2.35. The molecule has 1 saturated heterocycles. The van der Waals surface area contributed by atoms with Crippen molar-refractivity contribution >= 4 is 44.0 Å². The molecule has 2 aromatic heterocycles. The van der Waals surface area contributed by atoms with Gasteiger partial charge in [0.05, 0.1) is 10.2 Å². The summed E-state index contributed by atoms with van der Waals surface area (Å²) >= 11 is 1.61. The average Bonchev–Trinajstić information content (AvgIpc) is 3.02. The second-order valence-corrected chi connectivity index (χ2v) is 7.59. The van der Waals surface area contributed by atoms with Gasteiger partial charge in [0, 0.05) is 12.6 Å². The molecular formula is C18H22N6S. The number of nitrogens with two attached hydrogens (primary N) is 1. The van der Waals surface area contributed by atoms with Crippen LogP contribution in [0.2, 0.25) is 0 Å². The van der Waals surface area contributed by atoms with Crippen molar-refractivity contribution in [3.05, 3.63) is 30.1 Å². The highest BCUT2D eigenvalue weighted by molar-refractivity contribution is 7.22. The van der Waals surface area contributed by atoms with E-state index in [4.69, 9.17) is 5.73 Å². The molecule has 1 aliphatic heterocycles. The van der Waals surface area contributed by atoms with Crippen LogP contribution in [0.3, 0.4) is 0 Å². The number of thiazole rings is 1. The number of benzene rings is 1. The largest absolute Gasteiger partial charge is 0.393 e. The van der Waals surface area contributed by atoms with Crippen molar-refractivity contribution in [1.29, 1.82) is 0 Å². The normalized spacial score (nSPS) is 17.8. The summed E-state index contributed by atoms with van der Waals surface area (Å²) in [5.74, 6) is 1.45. The first-order valence-corrected chi connectivity index (χ1v) is 9.45. The van der Waals surface area contributed by atoms with E-state index in [1.165, 1.54) is 24.8 Å². The quantitative estimate of drug-likeness (QED) is 0.737. The van der Waals surface area contributed by atoms with E-state index >= 15 is 0 Å². The molecule has 1 fully saturated rings. The molecule has 0 spiro atoms. The highest BCUT2D eigenvalue weighted by Crippen LogP contribution is 2.34. The van der Waals surface area contributed by atoms with Crippen LogP contribution < -0.4 is 16.0 Å². The highest BCUT2D eigenvalue weighted by atomic mass is 32.1. The van der Waals surface area contributed by atoms with Gasteiger partial charge in [-0.25, -0.2) is 15.0 Å². The minimum absolute atomic E-state index is 0.448. The van der Waals surface area contributed by atoms with Gasteiger partial charge in [-0.1, -0.05) is 23.5 Å². The van der Waals surface area contributed by atoms with Gasteiger partial charge < -0.3 is 16.0 Å². The molecule has 1 unspecified atom stereocenters. The third kappa shape index (κ3) is 3.00. The zero-order valence-corrected chi connectivity index (χ0v) is 15.3. The predicted molar refractivity (Wildman–Crippen MR) is 105 cm³/mol. The molecule has 6 nitrogen and oxygen atoms in total. The molecule has 3 heterocycles. The molecule has 3 aromatic rings. The molecule has 130 valence electrons. The second-order valence-electron chi connectivity index (χ2n) is 6.56. The molecule has 0 saturated carbocycles. The van der Waals surface area contributed by atoms with Gasteiger partial charge in [0.1, 0.15) is 12.0 Å². The van der Waals surface area contributed by atoms with Crippen molar-refractivity contribution < 1.29 is 0 Å². The predicted octanol–water partition coefficient (Wildman–Crippen LogP) is 4.10. The van der Waals surface area contributed by atoms with Gasteiger partial charge in [-0.3, -0.25) is 0 Å². The summed E-state index contributed by atoms with van der Waals surface area (Å²) in [4.78, 5) is 15.8. The maximum Gasteiger partial charge on any atom is 0.189 e. The molecule has 1 aromatic carbocycles. The van der Waals surface area contributed by atoms with Crippen LogP contribution in [-0.4, -0.2) is 27.5 Å². The molecular weight excluding hydrogens is 332 g/mol. The highest BCUT2D eigenvalue weighted by Gasteiger charge is 2.23. The van der Waals surface area contributed by atoms with Crippen LogP contribution in [0, 0.1) is 6.92 Å². The molecule has 0 amide bonds. The number of hydrogen-bond acceptors (Lipinski definition) is 7. The monoisotopic (exact) mass is 354 g/mol. The van der Waals surface area contributed by atoms with Crippen LogP contribution in [-0.2, 0) is 0 Å². The lowest BCUT2D eigenvalue weighted by Crippen LogP contribution is -2.38. The Labute approximate surface area is 151 Å². The third-order valence-electron chi connectivity index (χ3n) is 4.78. The topological polar surface area (TPSA) is 80.0 Å². The van der Waals surface area contributed by atoms with E-state index in [9.17, 15) is 0 Å². The Kier molecular flexibility index (Phi) is 4.17. The number of para-hydroxylation sites is 1. The van der Waals surface area contributed by atoms with Crippen LogP contribution in [0.25, 0.3) is 10.2 Å². The molecule has 0 aliphatic carbocycles. The fourth-order valence-electron chi connectivity index (χ4n) is 3.37. The van der Waals surface area contributed by atoms with Crippen LogP contribution in [0.15, 0.2) is 24.5 Å². The maximum atomic E-state index is 6.40. The number of rotatable bonds is 3. The van der Waals surface area contributed by atoms with Crippen molar-refractivity contribution in [1.82, 2.24) is 15.0 Å². The van der Waals surface area contributed by atoms with Gasteiger partial charge in [0.15, 0.2) is 16.8 Å². The molecule has 25 heavy (non-hydrogen) atoms. The van der Waals surface area contributed by atoms with Gasteiger partial charge in [0.25, 0.3) is 0 Å². The third-order valence-corrected chi connectivity index (χ3v) is 5.72. The fourth-order valence-corrected chi connectivity index (χ4v) is 4.31. The molecule has 1 aliphatic rings. The molecule has 0 radical (unpaired) electrons. The Hall–Kier alpha value is -2.41. The Morgan fingerprint density at radius 2 is 2.16 bits per heavy atom. The maximum absolute atomic E-state index is 6.40. The van der Waals surface area contributed by atoms with E-state index in [1.807, 2.05) is 0 Å². The fraction of sp³-hybridized carbons (Fsp3) is 0.389. The van der Waals surface area contributed by atoms with E-state index < -0.39 is 0 Å². The molecule has 0 bridgehead atoms. The van der Waals surface area contributed by atoms with Gasteiger partial charge in [-0.05, 0) is 44.7 Å². The van der Waals surface area contributed by atoms with Crippen molar-refractivity contribution in [2.24, 2.45) is 0 Å². The lowest BCUT2D eigenvalue weighted by atomic mass is 10.0. The zero-order valence-electron chi connectivity index (χ0n) is 14.5. The molecule has 3 N–H and O–H groups in total. The Morgan fingerprint density at radius 1 is 1.28 bits per heavy atom. The van der Waals surface area contributed by atoms with E-state index in [2.05, 4.69) is 57.2 Å². The van der Waals surface area contributed by atoms with Crippen molar-refractivity contribution in [3.8, 4) is 0 Å². The van der Waals surface area contributed by atoms with Gasteiger partial charge in [-0.2, -0.15) is 0 Å². The summed E-state index contributed by atoms with van der Waals surface area (Å²) < 4.78 is 1.15. The van der Waals surface area contributed by atoms with Crippen molar-refractivity contribution in [2.45, 2.75) is 39.2 Å². The first-order chi connectivity index (χ1) is 12.1. The number of nitrogens with one attached hydrogen (secondary N) is 1. The van der Waals surface area contributed by atoms with Gasteiger partial charge in [-0.15, -0.1) is 0 Å².